The Hall–Kier alpha value is -1.86. The lowest BCUT2D eigenvalue weighted by atomic mass is 10.00. The van der Waals surface area contributed by atoms with E-state index in [9.17, 15) is 20.4 Å². The molecule has 4 N–H and O–H groups in total. The van der Waals surface area contributed by atoms with Crippen molar-refractivity contribution >= 4 is 10.8 Å². The van der Waals surface area contributed by atoms with Crippen molar-refractivity contribution in [2.75, 3.05) is 0 Å². The van der Waals surface area contributed by atoms with Gasteiger partial charge in [0.25, 0.3) is 0 Å². The minimum atomic E-state index is -1.40. The van der Waals surface area contributed by atoms with Gasteiger partial charge in [-0.2, -0.15) is 0 Å². The summed E-state index contributed by atoms with van der Waals surface area (Å²) in [5, 5.41) is 40.8. The second-order valence-corrected chi connectivity index (χ2v) is 5.43. The Bertz CT molecular complexity index is 667. The van der Waals surface area contributed by atoms with Crippen LogP contribution in [0.15, 0.2) is 36.4 Å². The Labute approximate surface area is 127 Å². The van der Waals surface area contributed by atoms with Crippen molar-refractivity contribution in [3.63, 3.8) is 0 Å². The Morgan fingerprint density at radius 1 is 0.955 bits per heavy atom. The van der Waals surface area contributed by atoms with Crippen LogP contribution >= 0.6 is 0 Å². The smallest absolute Gasteiger partial charge is 0.229 e. The molecule has 0 aromatic heterocycles. The van der Waals surface area contributed by atoms with Gasteiger partial charge < -0.3 is 29.9 Å². The number of phenols is 1. The monoisotopic (exact) mass is 306 g/mol. The first-order valence-electron chi connectivity index (χ1n) is 7.06. The van der Waals surface area contributed by atoms with Crippen LogP contribution in [0.2, 0.25) is 0 Å². The van der Waals surface area contributed by atoms with Gasteiger partial charge in [0.1, 0.15) is 29.8 Å². The third-order valence-electron chi connectivity index (χ3n) is 3.90. The number of ether oxygens (including phenoxy) is 2. The van der Waals surface area contributed by atoms with E-state index in [1.54, 1.807) is 25.1 Å². The number of hydrogen-bond donors (Lipinski definition) is 4. The Balaban J connectivity index is 1.93. The van der Waals surface area contributed by atoms with Crippen LogP contribution in [0.5, 0.6) is 11.5 Å². The second-order valence-electron chi connectivity index (χ2n) is 5.43. The minimum absolute atomic E-state index is 0.0482. The van der Waals surface area contributed by atoms with Crippen LogP contribution in [0.25, 0.3) is 10.8 Å². The largest absolute Gasteiger partial charge is 0.507 e. The van der Waals surface area contributed by atoms with Gasteiger partial charge in [-0.15, -0.1) is 0 Å². The molecule has 2 aromatic carbocycles. The maximum absolute atomic E-state index is 10.0. The van der Waals surface area contributed by atoms with E-state index in [1.165, 1.54) is 6.07 Å². The first kappa shape index (κ1) is 15.1. The Morgan fingerprint density at radius 3 is 2.36 bits per heavy atom. The fourth-order valence-corrected chi connectivity index (χ4v) is 2.62. The highest BCUT2D eigenvalue weighted by atomic mass is 16.7. The van der Waals surface area contributed by atoms with Gasteiger partial charge in [-0.05, 0) is 24.4 Å². The summed E-state index contributed by atoms with van der Waals surface area (Å²) in [6.07, 6.45) is -5.77. The number of rotatable bonds is 2. The average Bonchev–Trinajstić information content (AvgIpc) is 2.51. The van der Waals surface area contributed by atoms with Crippen LogP contribution in [0, 0.1) is 0 Å². The van der Waals surface area contributed by atoms with Crippen molar-refractivity contribution in [1.82, 2.24) is 0 Å². The zero-order chi connectivity index (χ0) is 15.9. The van der Waals surface area contributed by atoms with Crippen LogP contribution in [0.3, 0.4) is 0 Å². The van der Waals surface area contributed by atoms with E-state index in [2.05, 4.69) is 0 Å². The lowest BCUT2D eigenvalue weighted by molar-refractivity contribution is -0.267. The Morgan fingerprint density at radius 2 is 1.64 bits per heavy atom. The van der Waals surface area contributed by atoms with Crippen molar-refractivity contribution in [3.05, 3.63) is 36.4 Å². The highest BCUT2D eigenvalue weighted by Crippen LogP contribution is 2.35. The van der Waals surface area contributed by atoms with Crippen LogP contribution < -0.4 is 4.74 Å². The van der Waals surface area contributed by atoms with Crippen molar-refractivity contribution < 1.29 is 29.9 Å². The third kappa shape index (κ3) is 2.50. The standard InChI is InChI=1S/C16H18O6/c1-8-13(18)14(19)15(20)16(21-8)22-11-7-3-5-9-4-2-6-10(17)12(9)11/h2-8,13-20H,1H3. The normalized spacial score (nSPS) is 32.1. The molecular weight excluding hydrogens is 288 g/mol. The van der Waals surface area contributed by atoms with Gasteiger partial charge in [0.15, 0.2) is 0 Å². The van der Waals surface area contributed by atoms with E-state index in [-0.39, 0.29) is 5.75 Å². The topological polar surface area (TPSA) is 99.4 Å². The number of fused-ring (bicyclic) bond motifs is 1. The van der Waals surface area contributed by atoms with Gasteiger partial charge in [0, 0.05) is 0 Å². The quantitative estimate of drug-likeness (QED) is 0.653. The van der Waals surface area contributed by atoms with E-state index < -0.39 is 30.7 Å². The molecular formula is C16H18O6. The summed E-state index contributed by atoms with van der Waals surface area (Å²) in [7, 11) is 0. The van der Waals surface area contributed by atoms with Crippen LogP contribution in [-0.2, 0) is 4.74 Å². The number of phenolic OH excluding ortho intramolecular Hbond substituents is 1. The molecule has 118 valence electrons. The molecule has 0 bridgehead atoms. The average molecular weight is 306 g/mol. The molecule has 0 radical (unpaired) electrons. The molecule has 5 atom stereocenters. The molecule has 5 unspecified atom stereocenters. The molecule has 6 nitrogen and oxygen atoms in total. The zero-order valence-corrected chi connectivity index (χ0v) is 12.0. The molecule has 0 saturated carbocycles. The van der Waals surface area contributed by atoms with E-state index >= 15 is 0 Å². The van der Waals surface area contributed by atoms with Crippen LogP contribution in [0.4, 0.5) is 0 Å². The maximum atomic E-state index is 10.0. The lowest BCUT2D eigenvalue weighted by Crippen LogP contribution is -2.58. The fraction of sp³-hybridized carbons (Fsp3) is 0.375. The lowest BCUT2D eigenvalue weighted by Gasteiger charge is -2.39. The van der Waals surface area contributed by atoms with Gasteiger partial charge in [-0.25, -0.2) is 0 Å². The van der Waals surface area contributed by atoms with Gasteiger partial charge in [0.05, 0.1) is 11.5 Å². The molecule has 1 fully saturated rings. The summed E-state index contributed by atoms with van der Waals surface area (Å²) in [4.78, 5) is 0. The molecule has 2 aromatic rings. The molecule has 1 aliphatic rings. The number of hydrogen-bond acceptors (Lipinski definition) is 6. The maximum Gasteiger partial charge on any atom is 0.229 e. The highest BCUT2D eigenvalue weighted by Gasteiger charge is 2.43. The predicted octanol–water partition coefficient (Wildman–Crippen LogP) is 0.752. The molecule has 6 heteroatoms. The minimum Gasteiger partial charge on any atom is -0.507 e. The van der Waals surface area contributed by atoms with Crippen LogP contribution in [0.1, 0.15) is 6.92 Å². The first-order chi connectivity index (χ1) is 10.5. The number of aliphatic hydroxyl groups is 3. The summed E-state index contributed by atoms with van der Waals surface area (Å²) < 4.78 is 11.1. The molecule has 1 heterocycles. The van der Waals surface area contributed by atoms with Gasteiger partial charge in [-0.1, -0.05) is 24.3 Å². The number of benzene rings is 2. The number of aliphatic hydroxyl groups excluding tert-OH is 3. The highest BCUT2D eigenvalue weighted by molar-refractivity contribution is 5.93. The van der Waals surface area contributed by atoms with Crippen molar-refractivity contribution in [3.8, 4) is 11.5 Å². The zero-order valence-electron chi connectivity index (χ0n) is 12.0. The number of aromatic hydroxyl groups is 1. The first-order valence-corrected chi connectivity index (χ1v) is 7.06. The molecule has 0 spiro atoms. The molecule has 0 aliphatic carbocycles. The summed E-state index contributed by atoms with van der Waals surface area (Å²) in [6.45, 7) is 1.58. The SMILES string of the molecule is CC1OC(Oc2cccc3cccc(O)c23)C(O)C(O)C1O. The summed E-state index contributed by atoms with van der Waals surface area (Å²) >= 11 is 0. The molecule has 1 saturated heterocycles. The van der Waals surface area contributed by atoms with Gasteiger partial charge in [-0.3, -0.25) is 0 Å². The molecule has 3 rings (SSSR count). The van der Waals surface area contributed by atoms with Crippen LogP contribution in [-0.4, -0.2) is 51.1 Å². The van der Waals surface area contributed by atoms with E-state index in [1.807, 2.05) is 12.1 Å². The predicted molar refractivity (Wildman–Crippen MR) is 78.6 cm³/mol. The Kier molecular flexibility index (Phi) is 3.92. The van der Waals surface area contributed by atoms with E-state index in [4.69, 9.17) is 9.47 Å². The fourth-order valence-electron chi connectivity index (χ4n) is 2.62. The third-order valence-corrected chi connectivity index (χ3v) is 3.90. The van der Waals surface area contributed by atoms with E-state index in [0.717, 1.165) is 5.39 Å². The molecule has 22 heavy (non-hydrogen) atoms. The van der Waals surface area contributed by atoms with E-state index in [0.29, 0.717) is 11.1 Å². The van der Waals surface area contributed by atoms with Gasteiger partial charge >= 0.3 is 0 Å². The van der Waals surface area contributed by atoms with Gasteiger partial charge in [0.2, 0.25) is 6.29 Å². The van der Waals surface area contributed by atoms with Crippen molar-refractivity contribution in [2.45, 2.75) is 37.6 Å². The van der Waals surface area contributed by atoms with Crippen molar-refractivity contribution in [2.24, 2.45) is 0 Å². The molecule has 0 amide bonds. The summed E-state index contributed by atoms with van der Waals surface area (Å²) in [5.74, 6) is 0.377. The summed E-state index contributed by atoms with van der Waals surface area (Å²) in [5.41, 5.74) is 0. The second kappa shape index (κ2) is 5.73. The molecule has 1 aliphatic heterocycles. The summed E-state index contributed by atoms with van der Waals surface area (Å²) in [6, 6.07) is 10.3. The van der Waals surface area contributed by atoms with Crippen molar-refractivity contribution in [1.29, 1.82) is 0 Å².